The van der Waals surface area contributed by atoms with Crippen LogP contribution in [0.25, 0.3) is 0 Å². The number of nitrogens with two attached hydrogens (primary N) is 2. The lowest BCUT2D eigenvalue weighted by Crippen LogP contribution is -2.45. The normalized spacial score (nSPS) is 12.2. The lowest BCUT2D eigenvalue weighted by atomic mass is 10.0. The number of hydrogen-bond acceptors (Lipinski definition) is 5. The Kier molecular flexibility index (Phi) is 7.42. The van der Waals surface area contributed by atoms with Crippen molar-refractivity contribution in [1.82, 2.24) is 5.32 Å². The van der Waals surface area contributed by atoms with E-state index in [4.69, 9.17) is 20.9 Å². The van der Waals surface area contributed by atoms with E-state index in [-0.39, 0.29) is 17.6 Å². The standard InChI is InChI=1S/C18H28N4O4/c1-11(2)9-14(22-17(24)26-18(3,4)5)15(23)25-13-8-6-7-12(10-13)21-16(19)20/h6-8,10-11,14H,9H2,1-5H3,(H,22,24)(H4,19,20,21)/t14-/m0/s1. The van der Waals surface area contributed by atoms with Crippen LogP contribution < -0.4 is 21.5 Å². The lowest BCUT2D eigenvalue weighted by molar-refractivity contribution is -0.137. The Hall–Kier alpha value is -2.77. The zero-order valence-electron chi connectivity index (χ0n) is 15.9. The van der Waals surface area contributed by atoms with Crippen molar-refractivity contribution in [3.8, 4) is 5.75 Å². The Labute approximate surface area is 153 Å². The van der Waals surface area contributed by atoms with Gasteiger partial charge in [-0.15, -0.1) is 0 Å². The van der Waals surface area contributed by atoms with Gasteiger partial charge >= 0.3 is 12.1 Å². The molecule has 1 aromatic rings. The van der Waals surface area contributed by atoms with Crippen molar-refractivity contribution in [1.29, 1.82) is 0 Å². The van der Waals surface area contributed by atoms with Gasteiger partial charge in [-0.3, -0.25) is 0 Å². The summed E-state index contributed by atoms with van der Waals surface area (Å²) in [5.74, 6) is -0.253. The van der Waals surface area contributed by atoms with Crippen LogP contribution in [0.3, 0.4) is 0 Å². The number of rotatable bonds is 6. The smallest absolute Gasteiger partial charge is 0.408 e. The van der Waals surface area contributed by atoms with Crippen LogP contribution in [0.15, 0.2) is 29.3 Å². The molecule has 0 aromatic heterocycles. The van der Waals surface area contributed by atoms with Crippen molar-refractivity contribution in [2.24, 2.45) is 22.4 Å². The van der Waals surface area contributed by atoms with Gasteiger partial charge < -0.3 is 26.3 Å². The van der Waals surface area contributed by atoms with Crippen LogP contribution in [0.4, 0.5) is 10.5 Å². The van der Waals surface area contributed by atoms with Crippen LogP contribution in [0.5, 0.6) is 5.75 Å². The van der Waals surface area contributed by atoms with Crippen LogP contribution in [-0.4, -0.2) is 29.7 Å². The van der Waals surface area contributed by atoms with Gasteiger partial charge in [0, 0.05) is 6.07 Å². The highest BCUT2D eigenvalue weighted by molar-refractivity contribution is 5.83. The van der Waals surface area contributed by atoms with Crippen molar-refractivity contribution in [2.45, 2.75) is 52.7 Å². The molecule has 0 radical (unpaired) electrons. The Morgan fingerprint density at radius 3 is 2.42 bits per heavy atom. The number of guanidine groups is 1. The van der Waals surface area contributed by atoms with Gasteiger partial charge in [0.2, 0.25) is 0 Å². The largest absolute Gasteiger partial charge is 0.444 e. The number of aliphatic imine (C=N–C) groups is 1. The molecule has 144 valence electrons. The fourth-order valence-corrected chi connectivity index (χ4v) is 2.09. The highest BCUT2D eigenvalue weighted by Crippen LogP contribution is 2.21. The van der Waals surface area contributed by atoms with Gasteiger partial charge in [-0.2, -0.15) is 0 Å². The van der Waals surface area contributed by atoms with E-state index in [1.807, 2.05) is 13.8 Å². The molecule has 26 heavy (non-hydrogen) atoms. The number of alkyl carbamates (subject to hydrolysis) is 1. The number of ether oxygens (including phenoxy) is 2. The van der Waals surface area contributed by atoms with Crippen molar-refractivity contribution >= 4 is 23.7 Å². The van der Waals surface area contributed by atoms with E-state index in [9.17, 15) is 9.59 Å². The Morgan fingerprint density at radius 2 is 1.88 bits per heavy atom. The number of esters is 1. The zero-order chi connectivity index (χ0) is 19.9. The van der Waals surface area contributed by atoms with Crippen molar-refractivity contribution in [2.75, 3.05) is 0 Å². The van der Waals surface area contributed by atoms with Gasteiger partial charge in [-0.1, -0.05) is 19.9 Å². The molecule has 0 unspecified atom stereocenters. The molecule has 0 aliphatic rings. The minimum atomic E-state index is -0.836. The summed E-state index contributed by atoms with van der Waals surface area (Å²) in [6, 6.07) is 5.61. The highest BCUT2D eigenvalue weighted by Gasteiger charge is 2.26. The van der Waals surface area contributed by atoms with E-state index in [2.05, 4.69) is 10.3 Å². The molecule has 0 bridgehead atoms. The number of benzene rings is 1. The second kappa shape index (κ2) is 9.07. The molecule has 1 aromatic carbocycles. The first-order valence-corrected chi connectivity index (χ1v) is 8.37. The molecule has 0 spiro atoms. The van der Waals surface area contributed by atoms with E-state index in [1.165, 1.54) is 6.07 Å². The zero-order valence-corrected chi connectivity index (χ0v) is 15.9. The molecule has 8 nitrogen and oxygen atoms in total. The van der Waals surface area contributed by atoms with Crippen molar-refractivity contribution in [3.05, 3.63) is 24.3 Å². The number of carbonyl (C=O) groups excluding carboxylic acids is 2. The third-order valence-electron chi connectivity index (χ3n) is 2.98. The summed E-state index contributed by atoms with van der Waals surface area (Å²) < 4.78 is 10.6. The van der Waals surface area contributed by atoms with Crippen LogP contribution >= 0.6 is 0 Å². The molecule has 1 amide bonds. The molecule has 0 saturated heterocycles. The van der Waals surface area contributed by atoms with Crippen molar-refractivity contribution in [3.63, 3.8) is 0 Å². The summed E-state index contributed by atoms with van der Waals surface area (Å²) in [5, 5.41) is 2.57. The molecule has 5 N–H and O–H groups in total. The summed E-state index contributed by atoms with van der Waals surface area (Å²) in [6.07, 6.45) is -0.263. The third-order valence-corrected chi connectivity index (χ3v) is 2.98. The lowest BCUT2D eigenvalue weighted by Gasteiger charge is -2.23. The minimum absolute atomic E-state index is 0.0993. The van der Waals surface area contributed by atoms with Gasteiger partial charge in [0.15, 0.2) is 5.96 Å². The SMILES string of the molecule is CC(C)C[C@H](NC(=O)OC(C)(C)C)C(=O)Oc1cccc(N=C(N)N)c1. The maximum Gasteiger partial charge on any atom is 0.408 e. The van der Waals surface area contributed by atoms with E-state index in [1.54, 1.807) is 39.0 Å². The van der Waals surface area contributed by atoms with Crippen molar-refractivity contribution < 1.29 is 19.1 Å². The van der Waals surface area contributed by atoms with E-state index < -0.39 is 23.7 Å². The van der Waals surface area contributed by atoms with Gasteiger partial charge in [0.05, 0.1) is 5.69 Å². The van der Waals surface area contributed by atoms with Gasteiger partial charge in [0.25, 0.3) is 0 Å². The first-order valence-electron chi connectivity index (χ1n) is 8.37. The molecule has 0 aliphatic heterocycles. The Balaban J connectivity index is 2.86. The summed E-state index contributed by atoms with van der Waals surface area (Å²) >= 11 is 0. The molecule has 0 fully saturated rings. The van der Waals surface area contributed by atoms with Gasteiger partial charge in [0.1, 0.15) is 17.4 Å². The Morgan fingerprint density at radius 1 is 1.23 bits per heavy atom. The molecular weight excluding hydrogens is 336 g/mol. The molecule has 0 aliphatic carbocycles. The molecule has 0 heterocycles. The third kappa shape index (κ3) is 8.36. The predicted molar refractivity (Wildman–Crippen MR) is 100 cm³/mol. The van der Waals surface area contributed by atoms with Gasteiger partial charge in [-0.05, 0) is 45.2 Å². The van der Waals surface area contributed by atoms with Crippen LogP contribution in [0.1, 0.15) is 41.0 Å². The minimum Gasteiger partial charge on any atom is -0.444 e. The van der Waals surface area contributed by atoms with Crippen LogP contribution in [0.2, 0.25) is 0 Å². The maximum absolute atomic E-state index is 12.5. The van der Waals surface area contributed by atoms with Gasteiger partial charge in [-0.25, -0.2) is 14.6 Å². The number of carbonyl (C=O) groups is 2. The quantitative estimate of drug-likeness (QED) is 0.308. The molecule has 0 saturated carbocycles. The second-order valence-electron chi connectivity index (χ2n) is 7.28. The molecule has 1 rings (SSSR count). The maximum atomic E-state index is 12.5. The average Bonchev–Trinajstić information content (AvgIpc) is 2.43. The first kappa shape index (κ1) is 21.3. The Bertz CT molecular complexity index is 661. The summed E-state index contributed by atoms with van der Waals surface area (Å²) in [7, 11) is 0. The first-order chi connectivity index (χ1) is 12.0. The molecule has 1 atom stereocenters. The fraction of sp³-hybridized carbons (Fsp3) is 0.500. The van der Waals surface area contributed by atoms with E-state index >= 15 is 0 Å². The highest BCUT2D eigenvalue weighted by atomic mass is 16.6. The van der Waals surface area contributed by atoms with Crippen LogP contribution in [0, 0.1) is 5.92 Å². The number of hydrogen-bond donors (Lipinski definition) is 3. The molecular formula is C18H28N4O4. The number of nitrogens with zero attached hydrogens (tertiary/aromatic N) is 1. The summed E-state index contributed by atoms with van der Waals surface area (Å²) in [6.45, 7) is 9.12. The number of amides is 1. The summed E-state index contributed by atoms with van der Waals surface area (Å²) in [5.41, 5.74) is 10.5. The molecule has 8 heteroatoms. The number of nitrogens with one attached hydrogen (secondary N) is 1. The van der Waals surface area contributed by atoms with E-state index in [0.717, 1.165) is 0 Å². The average molecular weight is 364 g/mol. The second-order valence-corrected chi connectivity index (χ2v) is 7.28. The summed E-state index contributed by atoms with van der Waals surface area (Å²) in [4.78, 5) is 28.4. The monoisotopic (exact) mass is 364 g/mol. The topological polar surface area (TPSA) is 129 Å². The van der Waals surface area contributed by atoms with Crippen LogP contribution in [-0.2, 0) is 9.53 Å². The fourth-order valence-electron chi connectivity index (χ4n) is 2.09. The van der Waals surface area contributed by atoms with E-state index in [0.29, 0.717) is 12.1 Å². The predicted octanol–water partition coefficient (Wildman–Crippen LogP) is 2.44.